The summed E-state index contributed by atoms with van der Waals surface area (Å²) >= 11 is 0. The SMILES string of the molecule is COc1ccc2c(c1)c(C(=O)C1CC1)cn2C. The highest BCUT2D eigenvalue weighted by Crippen LogP contribution is 2.35. The van der Waals surface area contributed by atoms with Gasteiger partial charge in [-0.3, -0.25) is 4.79 Å². The van der Waals surface area contributed by atoms with Crippen molar-refractivity contribution >= 4 is 16.7 Å². The summed E-state index contributed by atoms with van der Waals surface area (Å²) in [6.07, 6.45) is 4.02. The molecule has 1 saturated carbocycles. The van der Waals surface area contributed by atoms with Crippen molar-refractivity contribution in [3.63, 3.8) is 0 Å². The van der Waals surface area contributed by atoms with Crippen LogP contribution < -0.4 is 4.74 Å². The third-order valence-electron chi connectivity index (χ3n) is 3.41. The van der Waals surface area contributed by atoms with Gasteiger partial charge >= 0.3 is 0 Å². The molecule has 3 heteroatoms. The van der Waals surface area contributed by atoms with Crippen molar-refractivity contribution in [3.8, 4) is 5.75 Å². The van der Waals surface area contributed by atoms with Crippen LogP contribution in [0.1, 0.15) is 23.2 Å². The number of aromatic nitrogens is 1. The molecular formula is C14H15NO2. The van der Waals surface area contributed by atoms with E-state index in [9.17, 15) is 4.79 Å². The predicted molar refractivity (Wildman–Crippen MR) is 66.5 cm³/mol. The lowest BCUT2D eigenvalue weighted by Crippen LogP contribution is -1.99. The summed E-state index contributed by atoms with van der Waals surface area (Å²) in [5.74, 6) is 1.34. The van der Waals surface area contributed by atoms with Crippen LogP contribution in [0.5, 0.6) is 5.75 Å². The number of hydrogen-bond donors (Lipinski definition) is 0. The van der Waals surface area contributed by atoms with Gasteiger partial charge in [0.2, 0.25) is 0 Å². The smallest absolute Gasteiger partial charge is 0.168 e. The van der Waals surface area contributed by atoms with E-state index in [1.54, 1.807) is 7.11 Å². The van der Waals surface area contributed by atoms with Gasteiger partial charge in [0.25, 0.3) is 0 Å². The molecule has 1 heterocycles. The van der Waals surface area contributed by atoms with Crippen LogP contribution in [-0.4, -0.2) is 17.5 Å². The Labute approximate surface area is 100.0 Å². The minimum atomic E-state index is 0.256. The van der Waals surface area contributed by atoms with Crippen molar-refractivity contribution < 1.29 is 9.53 Å². The first-order valence-corrected chi connectivity index (χ1v) is 5.88. The maximum Gasteiger partial charge on any atom is 0.168 e. The number of fused-ring (bicyclic) bond motifs is 1. The molecule has 88 valence electrons. The minimum Gasteiger partial charge on any atom is -0.497 e. The Morgan fingerprint density at radius 1 is 1.41 bits per heavy atom. The number of ether oxygens (including phenoxy) is 1. The predicted octanol–water partition coefficient (Wildman–Crippen LogP) is 2.78. The fraction of sp³-hybridized carbons (Fsp3) is 0.357. The van der Waals surface area contributed by atoms with Gasteiger partial charge in [0.05, 0.1) is 7.11 Å². The molecule has 0 N–H and O–H groups in total. The molecule has 1 aromatic heterocycles. The van der Waals surface area contributed by atoms with E-state index in [-0.39, 0.29) is 11.7 Å². The van der Waals surface area contributed by atoms with Crippen molar-refractivity contribution in [3.05, 3.63) is 30.0 Å². The number of hydrogen-bond acceptors (Lipinski definition) is 2. The Morgan fingerprint density at radius 2 is 2.18 bits per heavy atom. The standard InChI is InChI=1S/C14H15NO2/c1-15-8-12(14(16)9-3-4-9)11-7-10(17-2)5-6-13(11)15/h5-9H,3-4H2,1-2H3. The molecule has 0 saturated heterocycles. The van der Waals surface area contributed by atoms with Crippen molar-refractivity contribution in [2.24, 2.45) is 13.0 Å². The molecule has 2 aromatic rings. The lowest BCUT2D eigenvalue weighted by Gasteiger charge is -2.01. The first-order valence-electron chi connectivity index (χ1n) is 5.88. The van der Waals surface area contributed by atoms with Crippen LogP contribution in [-0.2, 0) is 7.05 Å². The molecule has 0 unspecified atom stereocenters. The first kappa shape index (κ1) is 10.4. The molecule has 0 spiro atoms. The molecule has 0 bridgehead atoms. The molecule has 17 heavy (non-hydrogen) atoms. The van der Waals surface area contributed by atoms with Crippen LogP contribution in [0.15, 0.2) is 24.4 Å². The topological polar surface area (TPSA) is 31.2 Å². The molecule has 0 atom stereocenters. The molecule has 3 nitrogen and oxygen atoms in total. The van der Waals surface area contributed by atoms with E-state index in [1.165, 1.54) is 0 Å². The van der Waals surface area contributed by atoms with Crippen LogP contribution in [0.25, 0.3) is 10.9 Å². The van der Waals surface area contributed by atoms with Gasteiger partial charge in [-0.05, 0) is 31.0 Å². The number of carbonyl (C=O) groups is 1. The molecule has 1 aromatic carbocycles. The number of benzene rings is 1. The van der Waals surface area contributed by atoms with Crippen molar-refractivity contribution in [2.45, 2.75) is 12.8 Å². The second-order valence-corrected chi connectivity index (χ2v) is 4.68. The van der Waals surface area contributed by atoms with E-state index in [2.05, 4.69) is 0 Å². The van der Waals surface area contributed by atoms with Gasteiger partial charge in [-0.1, -0.05) is 0 Å². The molecule has 0 radical (unpaired) electrons. The zero-order valence-corrected chi connectivity index (χ0v) is 10.1. The van der Waals surface area contributed by atoms with Gasteiger partial charge in [-0.15, -0.1) is 0 Å². The zero-order valence-electron chi connectivity index (χ0n) is 10.1. The van der Waals surface area contributed by atoms with Gasteiger partial charge in [0.15, 0.2) is 5.78 Å². The minimum absolute atomic E-state index is 0.256. The molecule has 1 aliphatic rings. The van der Waals surface area contributed by atoms with E-state index in [1.807, 2.05) is 36.0 Å². The maximum absolute atomic E-state index is 12.2. The highest BCUT2D eigenvalue weighted by atomic mass is 16.5. The van der Waals surface area contributed by atoms with Crippen LogP contribution >= 0.6 is 0 Å². The van der Waals surface area contributed by atoms with E-state index in [0.29, 0.717) is 0 Å². The van der Waals surface area contributed by atoms with E-state index < -0.39 is 0 Å². The molecule has 0 amide bonds. The Kier molecular flexibility index (Phi) is 2.21. The summed E-state index contributed by atoms with van der Waals surface area (Å²) in [5, 5.41) is 1.00. The monoisotopic (exact) mass is 229 g/mol. The van der Waals surface area contributed by atoms with E-state index in [0.717, 1.165) is 35.1 Å². The van der Waals surface area contributed by atoms with Gasteiger partial charge in [0, 0.05) is 35.6 Å². The fourth-order valence-electron chi connectivity index (χ4n) is 2.26. The number of aryl methyl sites for hydroxylation is 1. The largest absolute Gasteiger partial charge is 0.497 e. The fourth-order valence-corrected chi connectivity index (χ4v) is 2.26. The van der Waals surface area contributed by atoms with Crippen LogP contribution in [0.2, 0.25) is 0 Å². The number of nitrogens with zero attached hydrogens (tertiary/aromatic N) is 1. The van der Waals surface area contributed by atoms with Crippen molar-refractivity contribution in [2.75, 3.05) is 7.11 Å². The summed E-state index contributed by atoms with van der Waals surface area (Å²) in [6, 6.07) is 5.87. The molecule has 3 rings (SSSR count). The highest BCUT2D eigenvalue weighted by molar-refractivity contribution is 6.10. The van der Waals surface area contributed by atoms with Crippen LogP contribution in [0, 0.1) is 5.92 Å². The van der Waals surface area contributed by atoms with Crippen molar-refractivity contribution in [1.29, 1.82) is 0 Å². The second kappa shape index (κ2) is 3.62. The third kappa shape index (κ3) is 1.62. The van der Waals surface area contributed by atoms with Crippen LogP contribution in [0.4, 0.5) is 0 Å². The average molecular weight is 229 g/mol. The third-order valence-corrected chi connectivity index (χ3v) is 3.41. The maximum atomic E-state index is 12.2. The summed E-state index contributed by atoms with van der Waals surface area (Å²) in [6.45, 7) is 0. The molecule has 0 aliphatic heterocycles. The lowest BCUT2D eigenvalue weighted by molar-refractivity contribution is 0.0969. The number of carbonyl (C=O) groups excluding carboxylic acids is 1. The summed E-state index contributed by atoms with van der Waals surface area (Å²) in [4.78, 5) is 12.2. The normalized spacial score (nSPS) is 15.2. The van der Waals surface area contributed by atoms with Gasteiger partial charge < -0.3 is 9.30 Å². The van der Waals surface area contributed by atoms with Gasteiger partial charge in [-0.25, -0.2) is 0 Å². The van der Waals surface area contributed by atoms with E-state index >= 15 is 0 Å². The first-order chi connectivity index (χ1) is 8.20. The average Bonchev–Trinajstić information content (AvgIpc) is 3.14. The Balaban J connectivity index is 2.19. The number of rotatable bonds is 3. The molecule has 1 fully saturated rings. The highest BCUT2D eigenvalue weighted by Gasteiger charge is 2.32. The van der Waals surface area contributed by atoms with Gasteiger partial charge in [-0.2, -0.15) is 0 Å². The Hall–Kier alpha value is -1.77. The van der Waals surface area contributed by atoms with Gasteiger partial charge in [0.1, 0.15) is 5.75 Å². The number of ketones is 1. The summed E-state index contributed by atoms with van der Waals surface area (Å²) < 4.78 is 7.23. The van der Waals surface area contributed by atoms with Crippen LogP contribution in [0.3, 0.4) is 0 Å². The van der Waals surface area contributed by atoms with Crippen molar-refractivity contribution in [1.82, 2.24) is 4.57 Å². The summed E-state index contributed by atoms with van der Waals surface area (Å²) in [5.41, 5.74) is 1.92. The Bertz CT molecular complexity index is 594. The molecular weight excluding hydrogens is 214 g/mol. The number of Topliss-reactive ketones (excluding diaryl/α,β-unsaturated/α-hetero) is 1. The van der Waals surface area contributed by atoms with E-state index in [4.69, 9.17) is 4.74 Å². The zero-order chi connectivity index (χ0) is 12.0. The molecule has 1 aliphatic carbocycles. The lowest BCUT2D eigenvalue weighted by atomic mass is 10.1. The quantitative estimate of drug-likeness (QED) is 0.758. The number of methoxy groups -OCH3 is 1. The summed E-state index contributed by atoms with van der Waals surface area (Å²) in [7, 11) is 3.62. The second-order valence-electron chi connectivity index (χ2n) is 4.68. The Morgan fingerprint density at radius 3 is 2.82 bits per heavy atom.